The molecule has 9 heteroatoms. The molecule has 0 atom stereocenters. The number of hydrogen-bond donors (Lipinski definition) is 2. The first-order valence-corrected chi connectivity index (χ1v) is 9.96. The van der Waals surface area contributed by atoms with Crippen molar-refractivity contribution >= 4 is 33.4 Å². The molecule has 0 aliphatic carbocycles. The van der Waals surface area contributed by atoms with Gasteiger partial charge in [0.05, 0.1) is 16.6 Å². The number of anilines is 1. The normalized spacial score (nSPS) is 11.5. The largest absolute Gasteiger partial charge is 0.330 e. The highest BCUT2D eigenvalue weighted by atomic mass is 32.1. The number of amides is 1. The Hall–Kier alpha value is -2.81. The van der Waals surface area contributed by atoms with Crippen LogP contribution in [0.3, 0.4) is 0 Å². The Kier molecular flexibility index (Phi) is 5.46. The number of carbonyl (C=O) groups is 1. The van der Waals surface area contributed by atoms with Gasteiger partial charge in [0.15, 0.2) is 10.8 Å². The Morgan fingerprint density at radius 3 is 2.54 bits per heavy atom. The van der Waals surface area contributed by atoms with Crippen LogP contribution in [0.2, 0.25) is 0 Å². The van der Waals surface area contributed by atoms with Crippen molar-refractivity contribution < 1.29 is 4.79 Å². The molecule has 3 aromatic rings. The number of aromatic amines is 1. The maximum Gasteiger partial charge on any atom is 0.330 e. The number of rotatable bonds is 5. The lowest BCUT2D eigenvalue weighted by molar-refractivity contribution is 0.102. The number of nitrogens with one attached hydrogen (secondary N) is 2. The zero-order chi connectivity index (χ0) is 20.6. The van der Waals surface area contributed by atoms with E-state index < -0.39 is 17.2 Å². The smallest absolute Gasteiger partial charge is 0.298 e. The van der Waals surface area contributed by atoms with Crippen molar-refractivity contribution in [2.24, 2.45) is 5.92 Å². The fourth-order valence-corrected chi connectivity index (χ4v) is 3.56. The zero-order valence-electron chi connectivity index (χ0n) is 16.5. The second-order valence-corrected chi connectivity index (χ2v) is 8.32. The van der Waals surface area contributed by atoms with E-state index in [1.54, 1.807) is 6.07 Å². The molecule has 3 aromatic heterocycles. The predicted molar refractivity (Wildman–Crippen MR) is 110 cm³/mol. The van der Waals surface area contributed by atoms with Crippen LogP contribution >= 0.6 is 11.3 Å². The third-order valence-electron chi connectivity index (χ3n) is 4.19. The monoisotopic (exact) mass is 401 g/mol. The number of carbonyl (C=O) groups excluding carboxylic acids is 1. The van der Waals surface area contributed by atoms with Crippen LogP contribution in [0.1, 0.15) is 55.4 Å². The van der Waals surface area contributed by atoms with Gasteiger partial charge in [0.2, 0.25) is 0 Å². The topological polar surface area (TPSA) is 110 Å². The molecule has 0 aliphatic rings. The molecule has 0 saturated carbocycles. The number of hydrogen-bond acceptors (Lipinski definition) is 6. The minimum atomic E-state index is -0.622. The van der Waals surface area contributed by atoms with E-state index >= 15 is 0 Å². The van der Waals surface area contributed by atoms with Gasteiger partial charge in [-0.15, -0.1) is 11.3 Å². The Bertz CT molecular complexity index is 1160. The van der Waals surface area contributed by atoms with Gasteiger partial charge in [0.1, 0.15) is 0 Å². The van der Waals surface area contributed by atoms with Gasteiger partial charge in [-0.1, -0.05) is 27.7 Å². The van der Waals surface area contributed by atoms with Crippen LogP contribution in [0.15, 0.2) is 21.0 Å². The van der Waals surface area contributed by atoms with Gasteiger partial charge in [0.25, 0.3) is 11.5 Å². The quantitative estimate of drug-likeness (QED) is 0.683. The molecule has 148 valence electrons. The summed E-state index contributed by atoms with van der Waals surface area (Å²) in [6, 6.07) is 1.61. The summed E-state index contributed by atoms with van der Waals surface area (Å²) in [5.74, 6) is -0.282. The van der Waals surface area contributed by atoms with E-state index in [2.05, 4.69) is 20.3 Å². The first-order chi connectivity index (χ1) is 13.2. The first kappa shape index (κ1) is 19.9. The van der Waals surface area contributed by atoms with Crippen LogP contribution in [0.4, 0.5) is 5.13 Å². The van der Waals surface area contributed by atoms with Crippen molar-refractivity contribution in [3.8, 4) is 0 Å². The lowest BCUT2D eigenvalue weighted by atomic mass is 10.0. The number of aromatic nitrogens is 4. The highest BCUT2D eigenvalue weighted by molar-refractivity contribution is 7.13. The van der Waals surface area contributed by atoms with Crippen molar-refractivity contribution in [2.75, 3.05) is 5.32 Å². The molecule has 3 heterocycles. The molecule has 0 spiro atoms. The third-order valence-corrected chi connectivity index (χ3v) is 5.07. The van der Waals surface area contributed by atoms with Gasteiger partial charge in [-0.2, -0.15) is 0 Å². The number of nitrogens with zero attached hydrogens (tertiary/aromatic N) is 3. The Morgan fingerprint density at radius 2 is 1.96 bits per heavy atom. The molecule has 0 radical (unpaired) electrons. The SMILES string of the molecule is Cc1csc(NC(=O)c2cc(C(C)C)nc3c2c(=O)[nH]c(=O)n3CC(C)C)n1. The predicted octanol–water partition coefficient (Wildman–Crippen LogP) is 2.88. The minimum absolute atomic E-state index is 0.0138. The highest BCUT2D eigenvalue weighted by Crippen LogP contribution is 2.22. The lowest BCUT2D eigenvalue weighted by Crippen LogP contribution is -2.33. The van der Waals surface area contributed by atoms with Crippen molar-refractivity contribution in [1.29, 1.82) is 0 Å². The number of fused-ring (bicyclic) bond motifs is 1. The van der Waals surface area contributed by atoms with Gasteiger partial charge in [0, 0.05) is 17.6 Å². The first-order valence-electron chi connectivity index (χ1n) is 9.08. The molecular formula is C19H23N5O3S. The molecule has 0 saturated heterocycles. The standard InChI is InChI=1S/C19H23N5O3S/c1-9(2)7-24-15-14(17(26)23-19(24)27)12(6-13(21-15)10(3)4)16(25)22-18-20-11(5)8-28-18/h6,8-10H,7H2,1-5H3,(H,20,22,25)(H,23,26,27). The van der Waals surface area contributed by atoms with Crippen LogP contribution in [-0.2, 0) is 6.54 Å². The van der Waals surface area contributed by atoms with E-state index in [9.17, 15) is 14.4 Å². The van der Waals surface area contributed by atoms with Crippen molar-refractivity contribution in [1.82, 2.24) is 19.5 Å². The van der Waals surface area contributed by atoms with Gasteiger partial charge >= 0.3 is 5.69 Å². The van der Waals surface area contributed by atoms with E-state index in [1.165, 1.54) is 15.9 Å². The summed E-state index contributed by atoms with van der Waals surface area (Å²) < 4.78 is 1.43. The minimum Gasteiger partial charge on any atom is -0.298 e. The second-order valence-electron chi connectivity index (χ2n) is 7.46. The van der Waals surface area contributed by atoms with Gasteiger partial charge in [-0.05, 0) is 24.8 Å². The van der Waals surface area contributed by atoms with E-state index in [-0.39, 0.29) is 28.4 Å². The molecule has 0 fully saturated rings. The fraction of sp³-hybridized carbons (Fsp3) is 0.421. The molecule has 28 heavy (non-hydrogen) atoms. The summed E-state index contributed by atoms with van der Waals surface area (Å²) >= 11 is 1.31. The lowest BCUT2D eigenvalue weighted by Gasteiger charge is -2.15. The fourth-order valence-electron chi connectivity index (χ4n) is 2.88. The summed E-state index contributed by atoms with van der Waals surface area (Å²) in [4.78, 5) is 49.1. The maximum atomic E-state index is 13.0. The van der Waals surface area contributed by atoms with E-state index in [0.717, 1.165) is 5.69 Å². The Labute approximate surface area is 165 Å². The number of H-pyrrole nitrogens is 1. The number of aryl methyl sites for hydroxylation is 1. The van der Waals surface area contributed by atoms with Crippen LogP contribution in [0.5, 0.6) is 0 Å². The number of pyridine rings is 1. The second kappa shape index (κ2) is 7.67. The molecular weight excluding hydrogens is 378 g/mol. The highest BCUT2D eigenvalue weighted by Gasteiger charge is 2.21. The Morgan fingerprint density at radius 1 is 1.25 bits per heavy atom. The molecule has 0 bridgehead atoms. The van der Waals surface area contributed by atoms with Gasteiger partial charge < -0.3 is 0 Å². The molecule has 3 rings (SSSR count). The average molecular weight is 401 g/mol. The van der Waals surface area contributed by atoms with Crippen LogP contribution in [-0.4, -0.2) is 25.4 Å². The van der Waals surface area contributed by atoms with Crippen molar-refractivity contribution in [3.63, 3.8) is 0 Å². The summed E-state index contributed by atoms with van der Waals surface area (Å²) in [7, 11) is 0. The maximum absolute atomic E-state index is 13.0. The number of thiazole rings is 1. The van der Waals surface area contributed by atoms with Crippen LogP contribution in [0.25, 0.3) is 11.0 Å². The third kappa shape index (κ3) is 3.89. The van der Waals surface area contributed by atoms with Gasteiger partial charge in [-0.3, -0.25) is 24.5 Å². The van der Waals surface area contributed by atoms with Crippen LogP contribution < -0.4 is 16.6 Å². The van der Waals surface area contributed by atoms with Crippen molar-refractivity contribution in [3.05, 3.63) is 49.2 Å². The summed E-state index contributed by atoms with van der Waals surface area (Å²) in [5, 5.41) is 5.12. The molecule has 0 unspecified atom stereocenters. The summed E-state index contributed by atoms with van der Waals surface area (Å²) in [6.45, 7) is 10.0. The molecule has 0 aliphatic heterocycles. The molecule has 1 amide bonds. The van der Waals surface area contributed by atoms with E-state index in [4.69, 9.17) is 0 Å². The van der Waals surface area contributed by atoms with E-state index in [1.807, 2.05) is 40.0 Å². The van der Waals surface area contributed by atoms with E-state index in [0.29, 0.717) is 17.4 Å². The summed E-state index contributed by atoms with van der Waals surface area (Å²) in [5.41, 5.74) is 0.695. The Balaban J connectivity index is 2.27. The van der Waals surface area contributed by atoms with Crippen molar-refractivity contribution in [2.45, 2.75) is 47.1 Å². The van der Waals surface area contributed by atoms with Crippen LogP contribution in [0, 0.1) is 12.8 Å². The molecule has 2 N–H and O–H groups in total. The van der Waals surface area contributed by atoms with Gasteiger partial charge in [-0.25, -0.2) is 14.8 Å². The average Bonchev–Trinajstić information content (AvgIpc) is 3.01. The molecule has 0 aromatic carbocycles. The summed E-state index contributed by atoms with van der Waals surface area (Å²) in [6.07, 6.45) is 0. The molecule has 8 nitrogen and oxygen atoms in total. The zero-order valence-corrected chi connectivity index (χ0v) is 17.3.